The number of rotatable bonds is 6. The summed E-state index contributed by atoms with van der Waals surface area (Å²) in [6.45, 7) is 6.09. The molecule has 1 amide bonds. The van der Waals surface area contributed by atoms with E-state index in [-0.39, 0.29) is 0 Å². The van der Waals surface area contributed by atoms with Crippen LogP contribution < -0.4 is 0 Å². The Kier molecular flexibility index (Phi) is 6.40. The minimum absolute atomic E-state index is 0.384. The molecule has 0 N–H and O–H groups in total. The number of amides is 1. The highest BCUT2D eigenvalue weighted by Crippen LogP contribution is 2.32. The Labute approximate surface area is 169 Å². The van der Waals surface area contributed by atoms with Crippen LogP contribution in [0.25, 0.3) is 0 Å². The van der Waals surface area contributed by atoms with Crippen LogP contribution in [0.1, 0.15) is 69.7 Å². The maximum Gasteiger partial charge on any atom is 0.222 e. The normalized spacial score (nSPS) is 26.1. The zero-order chi connectivity index (χ0) is 19.3. The van der Waals surface area contributed by atoms with Gasteiger partial charge in [-0.2, -0.15) is 0 Å². The second-order valence-corrected chi connectivity index (χ2v) is 8.70. The van der Waals surface area contributed by atoms with Gasteiger partial charge in [0.25, 0.3) is 0 Å². The minimum Gasteiger partial charge on any atom is -0.339 e. The van der Waals surface area contributed by atoms with Gasteiger partial charge in [0.2, 0.25) is 5.91 Å². The van der Waals surface area contributed by atoms with E-state index in [2.05, 4.69) is 32.8 Å². The molecular weight excluding hydrogens is 348 g/mol. The van der Waals surface area contributed by atoms with Gasteiger partial charge in [0.05, 0.1) is 0 Å². The zero-order valence-electron chi connectivity index (χ0n) is 17.3. The predicted octanol–water partition coefficient (Wildman–Crippen LogP) is 3.74. The number of nitrogens with zero attached hydrogens (tertiary/aromatic N) is 4. The summed E-state index contributed by atoms with van der Waals surface area (Å²) in [5.74, 6) is 1.91. The lowest BCUT2D eigenvalue weighted by atomic mass is 9.83. The molecule has 0 saturated carbocycles. The summed E-state index contributed by atoms with van der Waals surface area (Å²) in [4.78, 5) is 26.3. The number of carbonyl (C=O) groups excluding carboxylic acids is 1. The number of piperidine rings is 2. The molecule has 2 aliphatic heterocycles. The third kappa shape index (κ3) is 4.62. The topological polar surface area (TPSA) is 49.3 Å². The summed E-state index contributed by atoms with van der Waals surface area (Å²) in [7, 11) is 0. The number of fused-ring (bicyclic) bond motifs is 1. The molecule has 3 heterocycles. The van der Waals surface area contributed by atoms with Crippen molar-refractivity contribution in [1.82, 2.24) is 19.8 Å². The Hall–Kier alpha value is -1.75. The van der Waals surface area contributed by atoms with Gasteiger partial charge < -0.3 is 4.90 Å². The van der Waals surface area contributed by atoms with Crippen LogP contribution in [-0.4, -0.2) is 51.4 Å². The van der Waals surface area contributed by atoms with E-state index in [1.54, 1.807) is 5.57 Å². The molecule has 2 saturated heterocycles. The van der Waals surface area contributed by atoms with E-state index in [4.69, 9.17) is 0 Å². The second-order valence-electron chi connectivity index (χ2n) is 8.70. The Morgan fingerprint density at radius 2 is 2.00 bits per heavy atom. The summed E-state index contributed by atoms with van der Waals surface area (Å²) in [5.41, 5.74) is 2.78. The number of hydrogen-bond donors (Lipinski definition) is 0. The van der Waals surface area contributed by atoms with Crippen molar-refractivity contribution in [2.24, 2.45) is 5.92 Å². The van der Waals surface area contributed by atoms with Crippen LogP contribution in [0.5, 0.6) is 0 Å². The highest BCUT2D eigenvalue weighted by atomic mass is 16.2. The van der Waals surface area contributed by atoms with Crippen LogP contribution in [0, 0.1) is 5.92 Å². The summed E-state index contributed by atoms with van der Waals surface area (Å²) in [6, 6.07) is 0.445. The summed E-state index contributed by atoms with van der Waals surface area (Å²) in [6.07, 6.45) is 16.3. The number of carbonyl (C=O) groups is 1. The second kappa shape index (κ2) is 9.17. The number of aromatic nitrogens is 2. The van der Waals surface area contributed by atoms with Crippen LogP contribution in [0.2, 0.25) is 0 Å². The van der Waals surface area contributed by atoms with E-state index >= 15 is 0 Å². The largest absolute Gasteiger partial charge is 0.339 e. The van der Waals surface area contributed by atoms with Crippen molar-refractivity contribution in [2.75, 3.05) is 19.6 Å². The average Bonchev–Trinajstić information content (AvgIpc) is 2.74. The van der Waals surface area contributed by atoms with E-state index in [9.17, 15) is 4.79 Å². The molecule has 28 heavy (non-hydrogen) atoms. The fourth-order valence-electron chi connectivity index (χ4n) is 5.16. The predicted molar refractivity (Wildman–Crippen MR) is 111 cm³/mol. The molecule has 3 aliphatic rings. The van der Waals surface area contributed by atoms with Crippen molar-refractivity contribution in [2.45, 2.75) is 77.3 Å². The molecule has 0 radical (unpaired) electrons. The highest BCUT2D eigenvalue weighted by molar-refractivity contribution is 5.77. The molecule has 1 aromatic rings. The first-order valence-corrected chi connectivity index (χ1v) is 11.2. The standard InChI is InChI=1S/C23H34N4O/c1-2-22-24-14-19(15-25-22)16-26-12-11-21-20(17-26)8-9-23(28)27(21)13-10-18-6-4-3-5-7-18/h6,14-15,20-21H,2-5,7-13,16-17H2,1H3/t20-,21+/m0/s1. The summed E-state index contributed by atoms with van der Waals surface area (Å²) >= 11 is 0. The van der Waals surface area contributed by atoms with Gasteiger partial charge in [0.1, 0.15) is 5.82 Å². The Morgan fingerprint density at radius 3 is 2.75 bits per heavy atom. The van der Waals surface area contributed by atoms with Gasteiger partial charge in [-0.25, -0.2) is 9.97 Å². The monoisotopic (exact) mass is 382 g/mol. The van der Waals surface area contributed by atoms with Gasteiger partial charge in [-0.3, -0.25) is 9.69 Å². The lowest BCUT2D eigenvalue weighted by Crippen LogP contribution is -2.56. The first-order chi connectivity index (χ1) is 13.7. The molecule has 152 valence electrons. The van der Waals surface area contributed by atoms with Gasteiger partial charge in [-0.05, 0) is 50.9 Å². The number of hydrogen-bond acceptors (Lipinski definition) is 4. The number of likely N-dealkylation sites (tertiary alicyclic amines) is 2. The van der Waals surface area contributed by atoms with Crippen LogP contribution in [-0.2, 0) is 17.8 Å². The molecular formula is C23H34N4O. The summed E-state index contributed by atoms with van der Waals surface area (Å²) < 4.78 is 0. The fraction of sp³-hybridized carbons (Fsp3) is 0.696. The van der Waals surface area contributed by atoms with E-state index in [1.165, 1.54) is 31.2 Å². The van der Waals surface area contributed by atoms with Gasteiger partial charge in [0.15, 0.2) is 0 Å². The quantitative estimate of drug-likeness (QED) is 0.703. The molecule has 1 aliphatic carbocycles. The van der Waals surface area contributed by atoms with Gasteiger partial charge in [-0.15, -0.1) is 0 Å². The molecule has 1 aromatic heterocycles. The number of allylic oxidation sites excluding steroid dienone is 1. The average molecular weight is 383 g/mol. The molecule has 5 heteroatoms. The van der Waals surface area contributed by atoms with E-state index in [0.717, 1.165) is 64.1 Å². The lowest BCUT2D eigenvalue weighted by Gasteiger charge is -2.47. The van der Waals surface area contributed by atoms with Crippen molar-refractivity contribution in [1.29, 1.82) is 0 Å². The Morgan fingerprint density at radius 1 is 1.14 bits per heavy atom. The molecule has 5 nitrogen and oxygen atoms in total. The first kappa shape index (κ1) is 19.6. The minimum atomic E-state index is 0.384. The van der Waals surface area contributed by atoms with Crippen molar-refractivity contribution >= 4 is 5.91 Å². The van der Waals surface area contributed by atoms with E-state index < -0.39 is 0 Å². The highest BCUT2D eigenvalue weighted by Gasteiger charge is 2.39. The molecule has 4 rings (SSSR count). The van der Waals surface area contributed by atoms with Crippen molar-refractivity contribution in [3.8, 4) is 0 Å². The van der Waals surface area contributed by atoms with Crippen LogP contribution in [0.4, 0.5) is 0 Å². The molecule has 0 unspecified atom stereocenters. The zero-order valence-corrected chi connectivity index (χ0v) is 17.3. The summed E-state index contributed by atoms with van der Waals surface area (Å²) in [5, 5.41) is 0. The molecule has 0 spiro atoms. The lowest BCUT2D eigenvalue weighted by molar-refractivity contribution is -0.141. The van der Waals surface area contributed by atoms with Crippen LogP contribution >= 0.6 is 0 Å². The Bertz CT molecular complexity index is 699. The maximum atomic E-state index is 12.6. The molecule has 2 atom stereocenters. The SMILES string of the molecule is CCc1ncc(CN2CC[C@@H]3[C@@H](CCC(=O)N3CCC3=CCCCC3)C2)cn1. The molecule has 0 bridgehead atoms. The maximum absolute atomic E-state index is 12.6. The van der Waals surface area contributed by atoms with E-state index in [1.807, 2.05) is 12.4 Å². The fourth-order valence-corrected chi connectivity index (χ4v) is 5.16. The Balaban J connectivity index is 1.33. The molecule has 2 fully saturated rings. The van der Waals surface area contributed by atoms with E-state index in [0.29, 0.717) is 17.9 Å². The van der Waals surface area contributed by atoms with Crippen LogP contribution in [0.3, 0.4) is 0 Å². The number of aryl methyl sites for hydroxylation is 1. The molecule has 0 aromatic carbocycles. The third-order valence-corrected chi connectivity index (χ3v) is 6.77. The third-order valence-electron chi connectivity index (χ3n) is 6.77. The van der Waals surface area contributed by atoms with Crippen molar-refractivity contribution in [3.63, 3.8) is 0 Å². The smallest absolute Gasteiger partial charge is 0.222 e. The van der Waals surface area contributed by atoms with Gasteiger partial charge >= 0.3 is 0 Å². The first-order valence-electron chi connectivity index (χ1n) is 11.2. The van der Waals surface area contributed by atoms with Crippen molar-refractivity contribution < 1.29 is 4.79 Å². The van der Waals surface area contributed by atoms with Gasteiger partial charge in [0, 0.05) is 63.0 Å². The van der Waals surface area contributed by atoms with Gasteiger partial charge in [-0.1, -0.05) is 18.6 Å². The van der Waals surface area contributed by atoms with Crippen molar-refractivity contribution in [3.05, 3.63) is 35.4 Å². The van der Waals surface area contributed by atoms with Crippen LogP contribution in [0.15, 0.2) is 24.0 Å².